The highest BCUT2D eigenvalue weighted by Crippen LogP contribution is 2.30. The summed E-state index contributed by atoms with van der Waals surface area (Å²) in [6, 6.07) is 8.33. The zero-order valence-electron chi connectivity index (χ0n) is 15.3. The number of anilines is 2. The van der Waals surface area contributed by atoms with Crippen LogP contribution in [0.4, 0.5) is 10.8 Å². The molecular weight excluding hydrogens is 462 g/mol. The first-order chi connectivity index (χ1) is 13.9. The number of carboxylic acid groups (broad SMARTS) is 1. The number of rotatable bonds is 5. The molecule has 8 nitrogen and oxygen atoms in total. The van der Waals surface area contributed by atoms with Gasteiger partial charge in [-0.3, -0.25) is 24.5 Å². The summed E-state index contributed by atoms with van der Waals surface area (Å²) in [6.07, 6.45) is 2.89. The second-order valence-electron chi connectivity index (χ2n) is 6.56. The molecule has 1 aliphatic rings. The lowest BCUT2D eigenvalue weighted by molar-refractivity contribution is -0.138. The van der Waals surface area contributed by atoms with Crippen molar-refractivity contribution in [2.24, 2.45) is 5.92 Å². The van der Waals surface area contributed by atoms with E-state index in [1.165, 1.54) is 0 Å². The SMILES string of the molecule is O=C(O)Cc1nc(NC(=O)C(=O)N(C(=O)C2CCCC2)c2ccccc2)sc1Br. The number of carbonyl (C=O) groups is 4. The fourth-order valence-electron chi connectivity index (χ4n) is 3.17. The normalized spacial score (nSPS) is 13.8. The molecule has 1 aromatic heterocycles. The van der Waals surface area contributed by atoms with E-state index in [2.05, 4.69) is 26.2 Å². The van der Waals surface area contributed by atoms with Crippen LogP contribution in [0, 0.1) is 5.92 Å². The van der Waals surface area contributed by atoms with Crippen molar-refractivity contribution in [3.8, 4) is 0 Å². The second-order valence-corrected chi connectivity index (χ2v) is 8.88. The van der Waals surface area contributed by atoms with Gasteiger partial charge in [0.05, 0.1) is 21.6 Å². The van der Waals surface area contributed by atoms with Gasteiger partial charge in [-0.25, -0.2) is 9.88 Å². The molecule has 1 aliphatic carbocycles. The molecule has 10 heteroatoms. The molecule has 0 bridgehead atoms. The number of aliphatic carboxylic acids is 1. The molecule has 3 amide bonds. The Hall–Kier alpha value is -2.59. The van der Waals surface area contributed by atoms with Gasteiger partial charge < -0.3 is 5.11 Å². The van der Waals surface area contributed by atoms with Crippen LogP contribution >= 0.6 is 27.3 Å². The summed E-state index contributed by atoms with van der Waals surface area (Å²) in [7, 11) is 0. The number of thiazole rings is 1. The summed E-state index contributed by atoms with van der Waals surface area (Å²) < 4.78 is 0.449. The van der Waals surface area contributed by atoms with Gasteiger partial charge in [-0.15, -0.1) is 0 Å². The molecule has 3 rings (SSSR count). The van der Waals surface area contributed by atoms with E-state index in [0.717, 1.165) is 29.1 Å². The Balaban J connectivity index is 1.81. The molecule has 1 fully saturated rings. The van der Waals surface area contributed by atoms with Crippen molar-refractivity contribution < 1.29 is 24.3 Å². The third-order valence-corrected chi connectivity index (χ3v) is 6.27. The smallest absolute Gasteiger partial charge is 0.323 e. The van der Waals surface area contributed by atoms with E-state index >= 15 is 0 Å². The van der Waals surface area contributed by atoms with Crippen LogP contribution in [0.15, 0.2) is 34.1 Å². The van der Waals surface area contributed by atoms with E-state index in [1.807, 2.05) is 0 Å². The van der Waals surface area contributed by atoms with Crippen molar-refractivity contribution in [3.05, 3.63) is 39.8 Å². The van der Waals surface area contributed by atoms with Gasteiger partial charge in [0.15, 0.2) is 5.13 Å². The summed E-state index contributed by atoms with van der Waals surface area (Å²) in [6.45, 7) is 0. The Morgan fingerprint density at radius 1 is 1.17 bits per heavy atom. The van der Waals surface area contributed by atoms with Gasteiger partial charge in [-0.1, -0.05) is 42.4 Å². The number of nitrogens with one attached hydrogen (secondary N) is 1. The number of para-hydroxylation sites is 1. The van der Waals surface area contributed by atoms with Crippen molar-refractivity contribution in [1.29, 1.82) is 0 Å². The number of benzene rings is 1. The minimum atomic E-state index is -1.07. The fraction of sp³-hybridized carbons (Fsp3) is 0.316. The van der Waals surface area contributed by atoms with Crippen molar-refractivity contribution in [3.63, 3.8) is 0 Å². The van der Waals surface area contributed by atoms with Crippen molar-refractivity contribution in [2.75, 3.05) is 10.2 Å². The van der Waals surface area contributed by atoms with E-state index in [9.17, 15) is 19.2 Å². The number of hydrogen-bond donors (Lipinski definition) is 2. The molecule has 0 saturated heterocycles. The standard InChI is InChI=1S/C19H18BrN3O5S/c20-15-13(10-14(24)25)21-19(29-15)22-16(26)18(28)23(12-8-2-1-3-9-12)17(27)11-6-4-5-7-11/h1-3,8-9,11H,4-7,10H2,(H,24,25)(H,21,22,26). The molecule has 0 aliphatic heterocycles. The number of hydrogen-bond acceptors (Lipinski definition) is 6. The van der Waals surface area contributed by atoms with Gasteiger partial charge in [0.1, 0.15) is 0 Å². The van der Waals surface area contributed by atoms with E-state index in [0.29, 0.717) is 22.3 Å². The van der Waals surface area contributed by atoms with Gasteiger partial charge in [0.25, 0.3) is 0 Å². The summed E-state index contributed by atoms with van der Waals surface area (Å²) in [5.41, 5.74) is 0.573. The average molecular weight is 480 g/mol. The molecule has 2 N–H and O–H groups in total. The van der Waals surface area contributed by atoms with Crippen LogP contribution in [0.25, 0.3) is 0 Å². The molecule has 152 valence electrons. The lowest BCUT2D eigenvalue weighted by Crippen LogP contribution is -2.46. The number of halogens is 1. The van der Waals surface area contributed by atoms with Crippen molar-refractivity contribution in [1.82, 2.24) is 4.98 Å². The van der Waals surface area contributed by atoms with E-state index in [1.54, 1.807) is 30.3 Å². The molecule has 2 aromatic rings. The minimum Gasteiger partial charge on any atom is -0.481 e. The van der Waals surface area contributed by atoms with Crippen LogP contribution in [0.2, 0.25) is 0 Å². The predicted octanol–water partition coefficient (Wildman–Crippen LogP) is 3.22. The van der Waals surface area contributed by atoms with Crippen LogP contribution in [0.3, 0.4) is 0 Å². The lowest BCUT2D eigenvalue weighted by Gasteiger charge is -2.23. The second kappa shape index (κ2) is 9.27. The van der Waals surface area contributed by atoms with Crippen LogP contribution in [0.5, 0.6) is 0 Å². The van der Waals surface area contributed by atoms with E-state index in [-0.39, 0.29) is 29.1 Å². The average Bonchev–Trinajstić information content (AvgIpc) is 3.33. The number of aromatic nitrogens is 1. The monoisotopic (exact) mass is 479 g/mol. The summed E-state index contributed by atoms with van der Waals surface area (Å²) in [5, 5.41) is 11.3. The summed E-state index contributed by atoms with van der Waals surface area (Å²) >= 11 is 4.20. The summed E-state index contributed by atoms with van der Waals surface area (Å²) in [5.74, 6) is -3.76. The van der Waals surface area contributed by atoms with Crippen LogP contribution in [0.1, 0.15) is 31.4 Å². The van der Waals surface area contributed by atoms with Gasteiger partial charge in [-0.2, -0.15) is 0 Å². The predicted molar refractivity (Wildman–Crippen MR) is 111 cm³/mol. The van der Waals surface area contributed by atoms with Gasteiger partial charge in [0, 0.05) is 5.92 Å². The van der Waals surface area contributed by atoms with Gasteiger partial charge in [0.2, 0.25) is 5.91 Å². The molecule has 0 radical (unpaired) electrons. The van der Waals surface area contributed by atoms with Crippen molar-refractivity contribution >= 4 is 61.8 Å². The first-order valence-electron chi connectivity index (χ1n) is 8.98. The molecule has 29 heavy (non-hydrogen) atoms. The molecule has 1 aromatic carbocycles. The highest BCUT2D eigenvalue weighted by Gasteiger charge is 2.35. The maximum atomic E-state index is 13.0. The Bertz CT molecular complexity index is 941. The fourth-order valence-corrected chi connectivity index (χ4v) is 4.56. The van der Waals surface area contributed by atoms with Crippen LogP contribution < -0.4 is 10.2 Å². The first-order valence-corrected chi connectivity index (χ1v) is 10.6. The zero-order valence-corrected chi connectivity index (χ0v) is 17.7. The van der Waals surface area contributed by atoms with E-state index < -0.39 is 17.8 Å². The van der Waals surface area contributed by atoms with Gasteiger partial charge in [-0.05, 0) is 40.9 Å². The molecule has 0 unspecified atom stereocenters. The molecule has 1 saturated carbocycles. The molecule has 1 heterocycles. The van der Waals surface area contributed by atoms with Crippen LogP contribution in [-0.4, -0.2) is 33.8 Å². The lowest BCUT2D eigenvalue weighted by atomic mass is 10.1. The highest BCUT2D eigenvalue weighted by molar-refractivity contribution is 9.11. The Morgan fingerprint density at radius 2 is 1.83 bits per heavy atom. The number of amides is 3. The zero-order chi connectivity index (χ0) is 21.0. The third-order valence-electron chi connectivity index (χ3n) is 4.53. The molecular formula is C19H18BrN3O5S. The van der Waals surface area contributed by atoms with Gasteiger partial charge >= 0.3 is 17.8 Å². The Labute approximate surface area is 179 Å². The Kier molecular flexibility index (Phi) is 6.75. The number of imide groups is 1. The van der Waals surface area contributed by atoms with Crippen LogP contribution in [-0.2, 0) is 25.6 Å². The maximum absolute atomic E-state index is 13.0. The maximum Gasteiger partial charge on any atom is 0.323 e. The third kappa shape index (κ3) is 5.07. The Morgan fingerprint density at radius 3 is 2.45 bits per heavy atom. The molecule has 0 spiro atoms. The largest absolute Gasteiger partial charge is 0.481 e. The number of carbonyl (C=O) groups excluding carboxylic acids is 3. The molecule has 0 atom stereocenters. The first kappa shape index (κ1) is 21.1. The summed E-state index contributed by atoms with van der Waals surface area (Å²) in [4.78, 5) is 54.2. The minimum absolute atomic E-state index is 0.0767. The topological polar surface area (TPSA) is 117 Å². The highest BCUT2D eigenvalue weighted by atomic mass is 79.9. The number of nitrogens with zero attached hydrogens (tertiary/aromatic N) is 2. The van der Waals surface area contributed by atoms with Crippen molar-refractivity contribution in [2.45, 2.75) is 32.1 Å². The quantitative estimate of drug-likeness (QED) is 0.635. The van der Waals surface area contributed by atoms with E-state index in [4.69, 9.17) is 5.11 Å². The number of carboxylic acids is 1.